The zero-order chi connectivity index (χ0) is 14.8. The second-order valence-corrected chi connectivity index (χ2v) is 5.38. The number of nitrogens with one attached hydrogen (secondary N) is 1. The molecule has 1 aliphatic rings. The summed E-state index contributed by atoms with van der Waals surface area (Å²) in [5.41, 5.74) is 4.82. The van der Waals surface area contributed by atoms with Crippen molar-refractivity contribution in [2.75, 3.05) is 16.9 Å². The van der Waals surface area contributed by atoms with E-state index in [9.17, 15) is 0 Å². The molecule has 21 heavy (non-hydrogen) atoms. The smallest absolute Gasteiger partial charge is 0.148 e. The summed E-state index contributed by atoms with van der Waals surface area (Å²) in [7, 11) is 0. The maximum atomic E-state index is 5.63. The van der Waals surface area contributed by atoms with Gasteiger partial charge >= 0.3 is 0 Å². The highest BCUT2D eigenvalue weighted by molar-refractivity contribution is 5.67. The Morgan fingerprint density at radius 3 is 2.52 bits per heavy atom. The van der Waals surface area contributed by atoms with Crippen LogP contribution in [0, 0.1) is 6.92 Å². The number of nitrogens with zero attached hydrogens (tertiary/aromatic N) is 3. The third-order valence-electron chi connectivity index (χ3n) is 3.86. The lowest BCUT2D eigenvalue weighted by Crippen LogP contribution is -2.21. The Hall–Kier alpha value is -2.14. The first-order chi connectivity index (χ1) is 10.2. The van der Waals surface area contributed by atoms with Gasteiger partial charge in [-0.1, -0.05) is 18.2 Å². The molecule has 1 aromatic carbocycles. The molecule has 1 heterocycles. The average molecular weight is 283 g/mol. The van der Waals surface area contributed by atoms with Crippen molar-refractivity contribution in [1.82, 2.24) is 9.97 Å². The molecule has 0 radical (unpaired) electrons. The molecule has 0 aliphatic heterocycles. The van der Waals surface area contributed by atoms with Gasteiger partial charge in [0.25, 0.3) is 0 Å². The van der Waals surface area contributed by atoms with Crippen LogP contribution < -0.4 is 16.2 Å². The Bertz CT molecular complexity index is 622. The summed E-state index contributed by atoms with van der Waals surface area (Å²) < 4.78 is 0. The van der Waals surface area contributed by atoms with E-state index < -0.39 is 0 Å². The molecule has 1 aliphatic carbocycles. The van der Waals surface area contributed by atoms with Crippen molar-refractivity contribution in [2.24, 2.45) is 5.84 Å². The van der Waals surface area contributed by atoms with Crippen LogP contribution in [0.5, 0.6) is 0 Å². The fraction of sp³-hybridized carbons (Fsp3) is 0.375. The Morgan fingerprint density at radius 2 is 1.95 bits per heavy atom. The molecule has 3 rings (SSSR count). The molecule has 5 nitrogen and oxygen atoms in total. The van der Waals surface area contributed by atoms with Gasteiger partial charge < -0.3 is 10.3 Å². The van der Waals surface area contributed by atoms with E-state index in [-0.39, 0.29) is 0 Å². The molecule has 0 bridgehead atoms. The molecule has 0 amide bonds. The highest BCUT2D eigenvalue weighted by atomic mass is 15.3. The molecule has 1 fully saturated rings. The molecule has 3 N–H and O–H groups in total. The van der Waals surface area contributed by atoms with E-state index in [0.29, 0.717) is 5.92 Å². The first kappa shape index (κ1) is 13.8. The average Bonchev–Trinajstić information content (AvgIpc) is 3.35. The minimum atomic E-state index is 0.492. The third kappa shape index (κ3) is 2.69. The van der Waals surface area contributed by atoms with E-state index >= 15 is 0 Å². The zero-order valence-electron chi connectivity index (χ0n) is 12.5. The van der Waals surface area contributed by atoms with E-state index in [4.69, 9.17) is 10.8 Å². The molecule has 110 valence electrons. The van der Waals surface area contributed by atoms with Gasteiger partial charge in [-0.2, -0.15) is 0 Å². The van der Waals surface area contributed by atoms with Crippen LogP contribution in [0.3, 0.4) is 0 Å². The summed E-state index contributed by atoms with van der Waals surface area (Å²) in [6, 6.07) is 10.3. The maximum absolute atomic E-state index is 5.63. The number of anilines is 3. The quantitative estimate of drug-likeness (QED) is 0.652. The van der Waals surface area contributed by atoms with Gasteiger partial charge in [0.2, 0.25) is 0 Å². The largest absolute Gasteiger partial charge is 0.326 e. The maximum Gasteiger partial charge on any atom is 0.148 e. The van der Waals surface area contributed by atoms with Gasteiger partial charge in [0.05, 0.1) is 0 Å². The summed E-state index contributed by atoms with van der Waals surface area (Å²) in [6.07, 6.45) is 2.34. The van der Waals surface area contributed by atoms with Gasteiger partial charge in [0, 0.05) is 23.7 Å². The normalized spacial score (nSPS) is 14.0. The van der Waals surface area contributed by atoms with E-state index in [1.807, 2.05) is 25.1 Å². The monoisotopic (exact) mass is 283 g/mol. The van der Waals surface area contributed by atoms with E-state index in [1.54, 1.807) is 0 Å². The van der Waals surface area contributed by atoms with Crippen molar-refractivity contribution in [3.8, 4) is 0 Å². The molecular formula is C16H21N5. The van der Waals surface area contributed by atoms with E-state index in [2.05, 4.69) is 34.4 Å². The van der Waals surface area contributed by atoms with Gasteiger partial charge in [-0.3, -0.25) is 0 Å². The van der Waals surface area contributed by atoms with Crippen molar-refractivity contribution >= 4 is 17.3 Å². The SMILES string of the molecule is CCN(c1ccccc1)c1nc(C2CC2)nc(NN)c1C. The van der Waals surface area contributed by atoms with Gasteiger partial charge in [-0.25, -0.2) is 15.8 Å². The fourth-order valence-corrected chi connectivity index (χ4v) is 2.51. The van der Waals surface area contributed by atoms with Crippen molar-refractivity contribution < 1.29 is 0 Å². The highest BCUT2D eigenvalue weighted by Crippen LogP contribution is 2.40. The number of para-hydroxylation sites is 1. The predicted molar refractivity (Wildman–Crippen MR) is 85.7 cm³/mol. The van der Waals surface area contributed by atoms with Crippen molar-refractivity contribution in [2.45, 2.75) is 32.6 Å². The lowest BCUT2D eigenvalue weighted by atomic mass is 10.2. The van der Waals surface area contributed by atoms with Crippen molar-refractivity contribution in [3.05, 3.63) is 41.7 Å². The minimum absolute atomic E-state index is 0.492. The summed E-state index contributed by atoms with van der Waals surface area (Å²) in [5.74, 6) is 8.68. The predicted octanol–water partition coefficient (Wildman–Crippen LogP) is 3.11. The molecule has 0 spiro atoms. The Balaban J connectivity index is 2.08. The lowest BCUT2D eigenvalue weighted by Gasteiger charge is -2.25. The number of aromatic nitrogens is 2. The number of nitrogens with two attached hydrogens (primary N) is 1. The van der Waals surface area contributed by atoms with Crippen LogP contribution in [0.4, 0.5) is 17.3 Å². The summed E-state index contributed by atoms with van der Waals surface area (Å²) >= 11 is 0. The van der Waals surface area contributed by atoms with Gasteiger partial charge in [0.15, 0.2) is 0 Å². The second kappa shape index (κ2) is 5.69. The first-order valence-corrected chi connectivity index (χ1v) is 7.42. The summed E-state index contributed by atoms with van der Waals surface area (Å²) in [4.78, 5) is 11.6. The van der Waals surface area contributed by atoms with Crippen LogP contribution in [0.2, 0.25) is 0 Å². The van der Waals surface area contributed by atoms with Gasteiger partial charge in [-0.05, 0) is 38.8 Å². The van der Waals surface area contributed by atoms with Crippen LogP contribution in [-0.4, -0.2) is 16.5 Å². The van der Waals surface area contributed by atoms with E-state index in [0.717, 1.165) is 35.3 Å². The number of rotatable bonds is 5. The van der Waals surface area contributed by atoms with Gasteiger partial charge in [-0.15, -0.1) is 0 Å². The van der Waals surface area contributed by atoms with E-state index in [1.165, 1.54) is 12.8 Å². The van der Waals surface area contributed by atoms with Crippen molar-refractivity contribution in [3.63, 3.8) is 0 Å². The molecule has 0 atom stereocenters. The van der Waals surface area contributed by atoms with Crippen LogP contribution >= 0.6 is 0 Å². The number of hydrogen-bond donors (Lipinski definition) is 2. The molecule has 0 saturated heterocycles. The summed E-state index contributed by atoms with van der Waals surface area (Å²) in [5, 5.41) is 0. The number of benzene rings is 1. The zero-order valence-corrected chi connectivity index (χ0v) is 12.5. The Morgan fingerprint density at radius 1 is 1.24 bits per heavy atom. The standard InChI is InChI=1S/C16H21N5/c1-3-21(13-7-5-4-6-8-13)16-11(2)14(20-17)18-15(19-16)12-9-10-12/h4-8,12H,3,9-10,17H2,1-2H3,(H,18,19,20). The molecule has 0 unspecified atom stereocenters. The number of nitrogen functional groups attached to an aromatic ring is 1. The van der Waals surface area contributed by atoms with Crippen LogP contribution in [0.1, 0.15) is 37.1 Å². The number of hydrogen-bond acceptors (Lipinski definition) is 5. The van der Waals surface area contributed by atoms with Crippen LogP contribution in [0.25, 0.3) is 0 Å². The molecule has 2 aromatic rings. The first-order valence-electron chi connectivity index (χ1n) is 7.42. The molecular weight excluding hydrogens is 262 g/mol. The topological polar surface area (TPSA) is 67.1 Å². The third-order valence-corrected chi connectivity index (χ3v) is 3.86. The van der Waals surface area contributed by atoms with Crippen molar-refractivity contribution in [1.29, 1.82) is 0 Å². The highest BCUT2D eigenvalue weighted by Gasteiger charge is 2.29. The molecule has 5 heteroatoms. The van der Waals surface area contributed by atoms with Crippen LogP contribution in [-0.2, 0) is 0 Å². The minimum Gasteiger partial charge on any atom is -0.326 e. The molecule has 1 aromatic heterocycles. The lowest BCUT2D eigenvalue weighted by molar-refractivity contribution is 0.883. The fourth-order valence-electron chi connectivity index (χ4n) is 2.51. The Labute approximate surface area is 125 Å². The second-order valence-electron chi connectivity index (χ2n) is 5.38. The molecule has 1 saturated carbocycles. The Kier molecular flexibility index (Phi) is 3.75. The number of hydrazine groups is 1. The van der Waals surface area contributed by atoms with Gasteiger partial charge in [0.1, 0.15) is 17.5 Å². The summed E-state index contributed by atoms with van der Waals surface area (Å²) in [6.45, 7) is 4.98. The van der Waals surface area contributed by atoms with Crippen LogP contribution in [0.15, 0.2) is 30.3 Å².